The molecule has 8 heteroatoms. The number of sulfonamides is 1. The average molecular weight is 294 g/mol. The highest BCUT2D eigenvalue weighted by Gasteiger charge is 2.16. The molecule has 0 saturated heterocycles. The van der Waals surface area contributed by atoms with Gasteiger partial charge in [-0.2, -0.15) is 5.10 Å². The van der Waals surface area contributed by atoms with Crippen molar-refractivity contribution in [3.63, 3.8) is 0 Å². The van der Waals surface area contributed by atoms with Gasteiger partial charge in [-0.1, -0.05) is 17.3 Å². The number of benzene rings is 1. The Morgan fingerprint density at radius 1 is 1.45 bits per heavy atom. The summed E-state index contributed by atoms with van der Waals surface area (Å²) < 4.78 is 28.1. The molecule has 0 amide bonds. The normalized spacial score (nSPS) is 12.4. The van der Waals surface area contributed by atoms with E-state index in [0.29, 0.717) is 17.0 Å². The van der Waals surface area contributed by atoms with Crippen LogP contribution in [0.3, 0.4) is 0 Å². The van der Waals surface area contributed by atoms with Crippen LogP contribution in [0.25, 0.3) is 0 Å². The zero-order valence-corrected chi connectivity index (χ0v) is 11.8. The van der Waals surface area contributed by atoms with Gasteiger partial charge in [-0.05, 0) is 19.1 Å². The molecule has 7 nitrogen and oxygen atoms in total. The van der Waals surface area contributed by atoms with Crippen molar-refractivity contribution in [3.8, 4) is 0 Å². The van der Waals surface area contributed by atoms with Crippen LogP contribution in [0.5, 0.6) is 0 Å². The first-order valence-electron chi connectivity index (χ1n) is 5.73. The van der Waals surface area contributed by atoms with E-state index in [2.05, 4.69) is 15.0 Å². The summed E-state index contributed by atoms with van der Waals surface area (Å²) in [7, 11) is -2.04. The summed E-state index contributed by atoms with van der Waals surface area (Å²) in [6, 6.07) is 6.59. The van der Waals surface area contributed by atoms with Crippen LogP contribution >= 0.6 is 0 Å². The topological polar surface area (TPSA) is 96.6 Å². The van der Waals surface area contributed by atoms with Crippen molar-refractivity contribution in [2.75, 3.05) is 4.72 Å². The first-order valence-corrected chi connectivity index (χ1v) is 7.21. The van der Waals surface area contributed by atoms with Crippen molar-refractivity contribution >= 4 is 21.4 Å². The van der Waals surface area contributed by atoms with Crippen LogP contribution in [0.15, 0.2) is 46.7 Å². The van der Waals surface area contributed by atoms with E-state index in [0.717, 1.165) is 0 Å². The van der Waals surface area contributed by atoms with Crippen LogP contribution in [-0.4, -0.2) is 29.1 Å². The molecule has 0 aliphatic rings. The monoisotopic (exact) mass is 294 g/mol. The molecule has 106 valence electrons. The molecule has 2 rings (SSSR count). The van der Waals surface area contributed by atoms with Crippen molar-refractivity contribution < 1.29 is 13.6 Å². The minimum absolute atomic E-state index is 0.0814. The summed E-state index contributed by atoms with van der Waals surface area (Å²) in [4.78, 5) is 0.0814. The maximum Gasteiger partial charge on any atom is 0.265 e. The van der Waals surface area contributed by atoms with E-state index in [1.54, 1.807) is 38.2 Å². The summed E-state index contributed by atoms with van der Waals surface area (Å²) in [6.07, 6.45) is 2.68. The lowest BCUT2D eigenvalue weighted by Crippen LogP contribution is -2.12. The molecule has 1 aromatic heterocycles. The van der Waals surface area contributed by atoms with Gasteiger partial charge < -0.3 is 5.21 Å². The van der Waals surface area contributed by atoms with Gasteiger partial charge in [-0.3, -0.25) is 9.40 Å². The standard InChI is InChI=1S/C12H14N4O3S/c1-9(14-17)10-4-3-5-11(6-10)15-20(18,19)12-7-13-16(2)8-12/h3-8,15,17H,1-2H3. The third-order valence-corrected chi connectivity index (χ3v) is 4.01. The van der Waals surface area contributed by atoms with Crippen LogP contribution in [-0.2, 0) is 17.1 Å². The lowest BCUT2D eigenvalue weighted by molar-refractivity contribution is 0.319. The fourth-order valence-electron chi connectivity index (χ4n) is 1.62. The summed E-state index contributed by atoms with van der Waals surface area (Å²) in [6.45, 7) is 1.62. The molecule has 2 N–H and O–H groups in total. The van der Waals surface area contributed by atoms with E-state index in [-0.39, 0.29) is 4.90 Å². The SMILES string of the molecule is CC(=NO)c1cccc(NS(=O)(=O)c2cnn(C)c2)c1. The lowest BCUT2D eigenvalue weighted by Gasteiger charge is -2.07. The number of hydrogen-bond acceptors (Lipinski definition) is 5. The molecular weight excluding hydrogens is 280 g/mol. The van der Waals surface area contributed by atoms with E-state index < -0.39 is 10.0 Å². The summed E-state index contributed by atoms with van der Waals surface area (Å²) in [5, 5.41) is 15.6. The Kier molecular flexibility index (Phi) is 3.75. The molecule has 2 aromatic rings. The van der Waals surface area contributed by atoms with Gasteiger partial charge in [0.15, 0.2) is 0 Å². The van der Waals surface area contributed by atoms with E-state index in [1.165, 1.54) is 17.1 Å². The molecule has 0 aliphatic carbocycles. The van der Waals surface area contributed by atoms with E-state index in [4.69, 9.17) is 5.21 Å². The van der Waals surface area contributed by atoms with Crippen molar-refractivity contribution in [1.29, 1.82) is 0 Å². The van der Waals surface area contributed by atoms with Crippen molar-refractivity contribution in [1.82, 2.24) is 9.78 Å². The van der Waals surface area contributed by atoms with Crippen molar-refractivity contribution in [3.05, 3.63) is 42.2 Å². The number of aryl methyl sites for hydroxylation is 1. The van der Waals surface area contributed by atoms with Crippen molar-refractivity contribution in [2.24, 2.45) is 12.2 Å². The van der Waals surface area contributed by atoms with Gasteiger partial charge in [-0.25, -0.2) is 8.42 Å². The third-order valence-electron chi connectivity index (χ3n) is 2.67. The number of aromatic nitrogens is 2. The first kappa shape index (κ1) is 14.1. The zero-order valence-electron chi connectivity index (χ0n) is 11.0. The highest BCUT2D eigenvalue weighted by Crippen LogP contribution is 2.17. The number of rotatable bonds is 4. The number of nitrogens with zero attached hydrogens (tertiary/aromatic N) is 3. The fourth-order valence-corrected chi connectivity index (χ4v) is 2.65. The Hall–Kier alpha value is -2.35. The highest BCUT2D eigenvalue weighted by atomic mass is 32.2. The van der Waals surface area contributed by atoms with Crippen LogP contribution in [0, 0.1) is 0 Å². The molecule has 0 spiro atoms. The Morgan fingerprint density at radius 2 is 2.20 bits per heavy atom. The van der Waals surface area contributed by atoms with Crippen LogP contribution < -0.4 is 4.72 Å². The first-order chi connectivity index (χ1) is 9.42. The van der Waals surface area contributed by atoms with Gasteiger partial charge in [-0.15, -0.1) is 0 Å². The third kappa shape index (κ3) is 2.97. The van der Waals surface area contributed by atoms with Gasteiger partial charge >= 0.3 is 0 Å². The summed E-state index contributed by atoms with van der Waals surface area (Å²) in [5.41, 5.74) is 1.40. The van der Waals surface area contributed by atoms with Gasteiger partial charge in [0.1, 0.15) is 4.90 Å². The Bertz CT molecular complexity index is 750. The van der Waals surface area contributed by atoms with E-state index in [1.807, 2.05) is 0 Å². The fraction of sp³-hybridized carbons (Fsp3) is 0.167. The van der Waals surface area contributed by atoms with Gasteiger partial charge in [0.05, 0.1) is 11.9 Å². The summed E-state index contributed by atoms with van der Waals surface area (Å²) in [5.74, 6) is 0. The highest BCUT2D eigenvalue weighted by molar-refractivity contribution is 7.92. The number of hydrogen-bond donors (Lipinski definition) is 2. The number of oxime groups is 1. The van der Waals surface area contributed by atoms with E-state index in [9.17, 15) is 8.42 Å². The maximum atomic E-state index is 12.1. The van der Waals surface area contributed by atoms with Gasteiger partial charge in [0, 0.05) is 24.5 Å². The Morgan fingerprint density at radius 3 is 2.80 bits per heavy atom. The molecule has 0 saturated carbocycles. The maximum absolute atomic E-state index is 12.1. The molecule has 0 radical (unpaired) electrons. The second-order valence-electron chi connectivity index (χ2n) is 4.22. The molecule has 0 atom stereocenters. The van der Waals surface area contributed by atoms with Crippen LogP contribution in [0.4, 0.5) is 5.69 Å². The zero-order chi connectivity index (χ0) is 14.8. The minimum Gasteiger partial charge on any atom is -0.411 e. The number of nitrogens with one attached hydrogen (secondary N) is 1. The molecular formula is C12H14N4O3S. The molecule has 0 unspecified atom stereocenters. The molecule has 1 aromatic carbocycles. The molecule has 0 bridgehead atoms. The number of anilines is 1. The second-order valence-corrected chi connectivity index (χ2v) is 5.90. The predicted molar refractivity (Wildman–Crippen MR) is 74.5 cm³/mol. The van der Waals surface area contributed by atoms with Gasteiger partial charge in [0.25, 0.3) is 10.0 Å². The van der Waals surface area contributed by atoms with Crippen LogP contribution in [0.2, 0.25) is 0 Å². The lowest BCUT2D eigenvalue weighted by atomic mass is 10.1. The molecule has 0 aliphatic heterocycles. The molecule has 20 heavy (non-hydrogen) atoms. The second kappa shape index (κ2) is 5.33. The van der Waals surface area contributed by atoms with E-state index >= 15 is 0 Å². The predicted octanol–water partition coefficient (Wildman–Crippen LogP) is 1.42. The Labute approximate surface area is 116 Å². The van der Waals surface area contributed by atoms with Crippen LogP contribution in [0.1, 0.15) is 12.5 Å². The molecule has 1 heterocycles. The van der Waals surface area contributed by atoms with Crippen molar-refractivity contribution in [2.45, 2.75) is 11.8 Å². The minimum atomic E-state index is -3.68. The Balaban J connectivity index is 2.30. The largest absolute Gasteiger partial charge is 0.411 e. The average Bonchev–Trinajstić information content (AvgIpc) is 2.85. The van der Waals surface area contributed by atoms with Gasteiger partial charge in [0.2, 0.25) is 0 Å². The quantitative estimate of drug-likeness (QED) is 0.506. The molecule has 0 fully saturated rings. The smallest absolute Gasteiger partial charge is 0.265 e. The summed E-state index contributed by atoms with van der Waals surface area (Å²) >= 11 is 0.